The topological polar surface area (TPSA) is 41.0 Å². The van der Waals surface area contributed by atoms with Crippen LogP contribution in [0.25, 0.3) is 0 Å². The van der Waals surface area contributed by atoms with Crippen LogP contribution in [-0.4, -0.2) is 39.8 Å². The van der Waals surface area contributed by atoms with Gasteiger partial charge in [0.05, 0.1) is 5.69 Å². The van der Waals surface area contributed by atoms with Crippen LogP contribution in [0.3, 0.4) is 0 Å². The van der Waals surface area contributed by atoms with Crippen LogP contribution < -0.4 is 10.2 Å². The van der Waals surface area contributed by atoms with Crippen molar-refractivity contribution in [2.24, 2.45) is 0 Å². The average Bonchev–Trinajstić information content (AvgIpc) is 2.40. The summed E-state index contributed by atoms with van der Waals surface area (Å²) in [7, 11) is 0. The Labute approximate surface area is 120 Å². The van der Waals surface area contributed by atoms with Gasteiger partial charge in [-0.2, -0.15) is 16.9 Å². The lowest BCUT2D eigenvalue weighted by Gasteiger charge is -2.38. The number of hydrogen-bond donors (Lipinski definition) is 1. The van der Waals surface area contributed by atoms with E-state index in [0.29, 0.717) is 17.3 Å². The second-order valence-electron chi connectivity index (χ2n) is 5.43. The molecule has 0 aliphatic carbocycles. The van der Waals surface area contributed by atoms with Crippen LogP contribution in [0.1, 0.15) is 33.4 Å². The van der Waals surface area contributed by atoms with Crippen LogP contribution in [-0.2, 0) is 6.54 Å². The second kappa shape index (κ2) is 6.57. The van der Waals surface area contributed by atoms with E-state index < -0.39 is 0 Å². The van der Waals surface area contributed by atoms with Gasteiger partial charge in [-0.3, -0.25) is 0 Å². The molecule has 1 aromatic heterocycles. The Morgan fingerprint density at radius 2 is 2.16 bits per heavy atom. The van der Waals surface area contributed by atoms with E-state index in [4.69, 9.17) is 0 Å². The van der Waals surface area contributed by atoms with E-state index in [0.717, 1.165) is 24.6 Å². The highest BCUT2D eigenvalue weighted by atomic mass is 32.2. The van der Waals surface area contributed by atoms with Crippen molar-refractivity contribution < 1.29 is 0 Å². The van der Waals surface area contributed by atoms with Gasteiger partial charge in [-0.25, -0.2) is 0 Å². The molecule has 1 aliphatic heterocycles. The Morgan fingerprint density at radius 3 is 2.79 bits per heavy atom. The second-order valence-corrected chi connectivity index (χ2v) is 6.91. The molecule has 19 heavy (non-hydrogen) atoms. The number of rotatable bonds is 4. The van der Waals surface area contributed by atoms with Gasteiger partial charge in [0.2, 0.25) is 0 Å². The van der Waals surface area contributed by atoms with Crippen LogP contribution in [0.4, 0.5) is 5.82 Å². The summed E-state index contributed by atoms with van der Waals surface area (Å²) in [6, 6.07) is 5.18. The molecule has 0 spiro atoms. The fraction of sp³-hybridized carbons (Fsp3) is 0.714. The smallest absolute Gasteiger partial charge is 0.151 e. The molecule has 2 rings (SSSR count). The first-order valence-corrected chi connectivity index (χ1v) is 8.07. The summed E-state index contributed by atoms with van der Waals surface area (Å²) < 4.78 is 0. The molecule has 1 aliphatic rings. The number of aromatic nitrogens is 2. The Bertz CT molecular complexity index is 393. The molecule has 2 atom stereocenters. The van der Waals surface area contributed by atoms with Gasteiger partial charge in [-0.15, -0.1) is 5.10 Å². The number of thioether (sulfide) groups is 1. The Balaban J connectivity index is 2.01. The molecule has 0 amide bonds. The zero-order chi connectivity index (χ0) is 13.8. The van der Waals surface area contributed by atoms with Gasteiger partial charge < -0.3 is 10.2 Å². The van der Waals surface area contributed by atoms with E-state index in [1.54, 1.807) is 0 Å². The molecule has 0 radical (unpaired) electrons. The number of nitrogens with one attached hydrogen (secondary N) is 1. The molecule has 0 aromatic carbocycles. The maximum Gasteiger partial charge on any atom is 0.151 e. The van der Waals surface area contributed by atoms with Gasteiger partial charge in [0.15, 0.2) is 5.82 Å². The number of anilines is 1. The van der Waals surface area contributed by atoms with Crippen molar-refractivity contribution in [1.82, 2.24) is 15.5 Å². The van der Waals surface area contributed by atoms with Crippen molar-refractivity contribution in [3.05, 3.63) is 17.8 Å². The lowest BCUT2D eigenvalue weighted by molar-refractivity contribution is 0.574. The first-order chi connectivity index (χ1) is 9.08. The molecule has 0 saturated carbocycles. The standard InChI is InChI=1S/C14H24N4S/c1-10(2)15-9-13-5-6-14(17-16-13)18-7-8-19-12(4)11(18)3/h5-6,10-12,15H,7-9H2,1-4H3. The van der Waals surface area contributed by atoms with Crippen LogP contribution in [0.2, 0.25) is 0 Å². The summed E-state index contributed by atoms with van der Waals surface area (Å²) in [5, 5.41) is 12.7. The van der Waals surface area contributed by atoms with E-state index in [-0.39, 0.29) is 0 Å². The minimum Gasteiger partial charge on any atom is -0.350 e. The highest BCUT2D eigenvalue weighted by Crippen LogP contribution is 2.27. The third kappa shape index (κ3) is 3.83. The van der Waals surface area contributed by atoms with Crippen LogP contribution >= 0.6 is 11.8 Å². The minimum atomic E-state index is 0.474. The van der Waals surface area contributed by atoms with Crippen molar-refractivity contribution in [2.75, 3.05) is 17.2 Å². The molecule has 2 heterocycles. The molecule has 1 aromatic rings. The van der Waals surface area contributed by atoms with Crippen LogP contribution in [0, 0.1) is 0 Å². The van der Waals surface area contributed by atoms with Crippen molar-refractivity contribution in [1.29, 1.82) is 0 Å². The lowest BCUT2D eigenvalue weighted by atomic mass is 10.2. The fourth-order valence-electron chi connectivity index (χ4n) is 2.17. The van der Waals surface area contributed by atoms with Gasteiger partial charge in [-0.05, 0) is 19.1 Å². The molecular weight excluding hydrogens is 256 g/mol. The summed E-state index contributed by atoms with van der Waals surface area (Å²) in [4.78, 5) is 2.37. The van der Waals surface area contributed by atoms with Gasteiger partial charge in [0.1, 0.15) is 0 Å². The summed E-state index contributed by atoms with van der Waals surface area (Å²) in [5.41, 5.74) is 1.00. The maximum atomic E-state index is 4.39. The summed E-state index contributed by atoms with van der Waals surface area (Å²) in [5.74, 6) is 2.18. The molecule has 0 bridgehead atoms. The lowest BCUT2D eigenvalue weighted by Crippen LogP contribution is -2.45. The maximum absolute atomic E-state index is 4.39. The molecule has 1 fully saturated rings. The quantitative estimate of drug-likeness (QED) is 0.916. The van der Waals surface area contributed by atoms with Crippen molar-refractivity contribution >= 4 is 17.6 Å². The van der Waals surface area contributed by atoms with Crippen molar-refractivity contribution in [3.8, 4) is 0 Å². The van der Waals surface area contributed by atoms with Gasteiger partial charge in [-0.1, -0.05) is 20.8 Å². The number of hydrogen-bond acceptors (Lipinski definition) is 5. The molecule has 4 nitrogen and oxygen atoms in total. The van der Waals surface area contributed by atoms with E-state index in [9.17, 15) is 0 Å². The van der Waals surface area contributed by atoms with E-state index in [2.05, 4.69) is 60.2 Å². The average molecular weight is 280 g/mol. The van der Waals surface area contributed by atoms with Gasteiger partial charge in [0, 0.05) is 36.2 Å². The normalized spacial score (nSPS) is 23.9. The van der Waals surface area contributed by atoms with Gasteiger partial charge >= 0.3 is 0 Å². The zero-order valence-corrected chi connectivity index (χ0v) is 13.1. The summed E-state index contributed by atoms with van der Waals surface area (Å²) >= 11 is 2.04. The minimum absolute atomic E-state index is 0.474. The van der Waals surface area contributed by atoms with E-state index >= 15 is 0 Å². The Kier molecular flexibility index (Phi) is 5.05. The molecule has 1 N–H and O–H groups in total. The van der Waals surface area contributed by atoms with E-state index in [1.165, 1.54) is 5.75 Å². The third-order valence-electron chi connectivity index (χ3n) is 3.58. The molecular formula is C14H24N4S. The fourth-order valence-corrected chi connectivity index (χ4v) is 3.26. The summed E-state index contributed by atoms with van der Waals surface area (Å²) in [6.07, 6.45) is 0. The third-order valence-corrected chi connectivity index (χ3v) is 4.91. The first kappa shape index (κ1) is 14.6. The Morgan fingerprint density at radius 1 is 1.37 bits per heavy atom. The van der Waals surface area contributed by atoms with E-state index in [1.807, 2.05) is 11.8 Å². The largest absolute Gasteiger partial charge is 0.350 e. The molecule has 5 heteroatoms. The summed E-state index contributed by atoms with van der Waals surface area (Å²) in [6.45, 7) is 10.7. The number of nitrogens with zero attached hydrogens (tertiary/aromatic N) is 3. The van der Waals surface area contributed by atoms with Gasteiger partial charge in [0.25, 0.3) is 0 Å². The zero-order valence-electron chi connectivity index (χ0n) is 12.3. The predicted molar refractivity (Wildman–Crippen MR) is 82.7 cm³/mol. The molecule has 106 valence electrons. The predicted octanol–water partition coefficient (Wildman–Crippen LogP) is 2.30. The molecule has 1 saturated heterocycles. The highest BCUT2D eigenvalue weighted by molar-refractivity contribution is 8.00. The Hall–Kier alpha value is -0.810. The highest BCUT2D eigenvalue weighted by Gasteiger charge is 2.26. The molecule has 2 unspecified atom stereocenters. The SMILES string of the molecule is CC(C)NCc1ccc(N2CCSC(C)C2C)nn1. The van der Waals surface area contributed by atoms with Crippen molar-refractivity contribution in [2.45, 2.75) is 51.6 Å². The monoisotopic (exact) mass is 280 g/mol. The van der Waals surface area contributed by atoms with Crippen molar-refractivity contribution in [3.63, 3.8) is 0 Å². The van der Waals surface area contributed by atoms with Crippen LogP contribution in [0.15, 0.2) is 12.1 Å². The van der Waals surface area contributed by atoms with Crippen LogP contribution in [0.5, 0.6) is 0 Å². The first-order valence-electron chi connectivity index (χ1n) is 7.02.